The van der Waals surface area contributed by atoms with E-state index in [4.69, 9.17) is 0 Å². The molecular formula is C16H22Al2Cl2-2. The zero-order valence-electron chi connectivity index (χ0n) is 12.7. The second-order valence-corrected chi connectivity index (χ2v) is 11.1. The molecule has 20 heavy (non-hydrogen) atoms. The summed E-state index contributed by atoms with van der Waals surface area (Å²) in [6, 6.07) is 21.5. The molecule has 0 unspecified atom stereocenters. The number of hydrogen-bond donors (Lipinski definition) is 0. The van der Waals surface area contributed by atoms with Crippen LogP contribution in [0.1, 0.15) is 0 Å². The molecule has 0 saturated carbocycles. The highest BCUT2D eigenvalue weighted by Gasteiger charge is 2.02. The maximum atomic E-state index is 2.34. The largest absolute Gasteiger partial charge is 1.00 e. The maximum Gasteiger partial charge on any atom is 0.299 e. The second-order valence-electron chi connectivity index (χ2n) is 5.13. The summed E-state index contributed by atoms with van der Waals surface area (Å²) in [6.07, 6.45) is 0. The molecule has 0 atom stereocenters. The lowest BCUT2D eigenvalue weighted by Crippen LogP contribution is -3.00. The van der Waals surface area contributed by atoms with Crippen LogP contribution in [0.15, 0.2) is 60.7 Å². The van der Waals surface area contributed by atoms with E-state index in [1.807, 2.05) is 0 Å². The van der Waals surface area contributed by atoms with Gasteiger partial charge < -0.3 is 24.8 Å². The average molecular weight is 339 g/mol. The molecule has 0 saturated heterocycles. The van der Waals surface area contributed by atoms with Gasteiger partial charge in [0, 0.05) is 0 Å². The summed E-state index contributed by atoms with van der Waals surface area (Å²) in [5.41, 5.74) is 0. The third-order valence-electron chi connectivity index (χ3n) is 2.93. The highest BCUT2D eigenvalue weighted by molar-refractivity contribution is 6.71. The van der Waals surface area contributed by atoms with Crippen LogP contribution >= 0.6 is 0 Å². The lowest BCUT2D eigenvalue weighted by atomic mass is 10.4. The van der Waals surface area contributed by atoms with Gasteiger partial charge in [-0.25, -0.2) is 0 Å². The van der Waals surface area contributed by atoms with Crippen molar-refractivity contribution in [2.75, 3.05) is 0 Å². The van der Waals surface area contributed by atoms with Gasteiger partial charge in [0.1, 0.15) is 0 Å². The monoisotopic (exact) mass is 338 g/mol. The van der Waals surface area contributed by atoms with Crippen LogP contribution < -0.4 is 33.7 Å². The topological polar surface area (TPSA) is 0 Å². The van der Waals surface area contributed by atoms with Gasteiger partial charge in [-0.2, -0.15) is 0 Å². The Morgan fingerprint density at radius 3 is 0.900 bits per heavy atom. The molecular weight excluding hydrogens is 317 g/mol. The standard InChI is InChI=1S/2C6H5.4CH3.2Al.2ClH/c2*1-2-4-6-5-3-1;;;;;;;;/h2*1-5H;4*1H3;;;2*1H/p-2. The van der Waals surface area contributed by atoms with Crippen LogP contribution in [0.3, 0.4) is 0 Å². The summed E-state index contributed by atoms with van der Waals surface area (Å²) in [7, 11) is 0. The molecule has 0 aliphatic heterocycles. The molecule has 0 nitrogen and oxygen atoms in total. The zero-order valence-corrected chi connectivity index (χ0v) is 16.5. The Morgan fingerprint density at radius 1 is 0.500 bits per heavy atom. The van der Waals surface area contributed by atoms with Crippen molar-refractivity contribution in [3.63, 3.8) is 0 Å². The van der Waals surface area contributed by atoms with Gasteiger partial charge in [-0.15, -0.1) is 32.0 Å². The molecule has 0 amide bonds. The molecule has 2 aromatic carbocycles. The average Bonchev–Trinajstić information content (AvgIpc) is 2.41. The van der Waals surface area contributed by atoms with E-state index < -0.39 is 28.3 Å². The molecule has 0 aliphatic carbocycles. The summed E-state index contributed by atoms with van der Waals surface area (Å²) in [5.74, 6) is 9.37. The molecule has 108 valence electrons. The molecule has 0 heterocycles. The number of hydrogen-bond acceptors (Lipinski definition) is 0. The predicted octanol–water partition coefficient (Wildman–Crippen LogP) is -2.70. The van der Waals surface area contributed by atoms with Gasteiger partial charge >= 0.3 is 0 Å². The third-order valence-corrected chi connectivity index (χ3v) is 6.37. The quantitative estimate of drug-likeness (QED) is 0.523. The Morgan fingerprint density at radius 2 is 0.750 bits per heavy atom. The molecule has 0 spiro atoms. The number of benzene rings is 2. The lowest BCUT2D eigenvalue weighted by Gasteiger charge is -1.96. The molecule has 2 rings (SSSR count). The molecule has 0 fully saturated rings. The predicted molar refractivity (Wildman–Crippen MR) is 87.1 cm³/mol. The minimum atomic E-state index is -0.529. The van der Waals surface area contributed by atoms with E-state index in [0.29, 0.717) is 0 Å². The van der Waals surface area contributed by atoms with Crippen LogP contribution in [-0.4, -0.2) is 28.3 Å². The molecule has 4 heteroatoms. The van der Waals surface area contributed by atoms with E-state index in [-0.39, 0.29) is 24.8 Å². The fraction of sp³-hybridized carbons (Fsp3) is 0.250. The molecule has 0 radical (unpaired) electrons. The van der Waals surface area contributed by atoms with Crippen molar-refractivity contribution in [3.05, 3.63) is 60.7 Å². The Bertz CT molecular complexity index is 387. The summed E-state index contributed by atoms with van der Waals surface area (Å²) < 4.78 is 3.11. The molecule has 2 aromatic rings. The molecule has 0 aliphatic rings. The van der Waals surface area contributed by atoms with E-state index in [9.17, 15) is 0 Å². The van der Waals surface area contributed by atoms with Crippen LogP contribution in [0, 0.1) is 0 Å². The van der Waals surface area contributed by atoms with E-state index in [1.54, 1.807) is 8.85 Å². The molecule has 0 N–H and O–H groups in total. The third kappa shape index (κ3) is 9.10. The van der Waals surface area contributed by atoms with Crippen molar-refractivity contribution in [3.8, 4) is 0 Å². The summed E-state index contributed by atoms with van der Waals surface area (Å²) in [6.45, 7) is 0. The van der Waals surface area contributed by atoms with Crippen LogP contribution in [0.2, 0.25) is 23.1 Å². The fourth-order valence-corrected chi connectivity index (χ4v) is 3.66. The minimum Gasteiger partial charge on any atom is -1.00 e. The Balaban J connectivity index is 0. The van der Waals surface area contributed by atoms with Crippen molar-refractivity contribution in [2.24, 2.45) is 0 Å². The highest BCUT2D eigenvalue weighted by atomic mass is 35.5. The van der Waals surface area contributed by atoms with Crippen LogP contribution in [0.25, 0.3) is 0 Å². The van der Waals surface area contributed by atoms with E-state index in [1.165, 1.54) is 0 Å². The SMILES string of the molecule is [CH3][Al]([CH3])[c]1ccccc1.[CH3][Al]([CH3])[c]1ccccc1.[Cl-].[Cl-]. The van der Waals surface area contributed by atoms with Crippen molar-refractivity contribution in [1.82, 2.24) is 0 Å². The van der Waals surface area contributed by atoms with Gasteiger partial charge in [-0.1, -0.05) is 60.7 Å². The van der Waals surface area contributed by atoms with Crippen LogP contribution in [0.4, 0.5) is 0 Å². The van der Waals surface area contributed by atoms with Crippen LogP contribution in [-0.2, 0) is 0 Å². The van der Waals surface area contributed by atoms with Crippen molar-refractivity contribution >= 4 is 37.1 Å². The smallest absolute Gasteiger partial charge is 0.299 e. The van der Waals surface area contributed by atoms with E-state index in [0.717, 1.165) is 0 Å². The van der Waals surface area contributed by atoms with Crippen molar-refractivity contribution in [2.45, 2.75) is 23.1 Å². The van der Waals surface area contributed by atoms with E-state index >= 15 is 0 Å². The van der Waals surface area contributed by atoms with Gasteiger partial charge in [0.05, 0.1) is 0 Å². The lowest BCUT2D eigenvalue weighted by molar-refractivity contribution is -0.001000. The van der Waals surface area contributed by atoms with Crippen LogP contribution in [0.5, 0.6) is 0 Å². The first-order chi connectivity index (χ1) is 8.61. The summed E-state index contributed by atoms with van der Waals surface area (Å²) in [5, 5.41) is 0. The normalized spacial score (nSPS) is 8.20. The number of rotatable bonds is 2. The zero-order chi connectivity index (χ0) is 13.4. The minimum absolute atomic E-state index is 0. The van der Waals surface area contributed by atoms with Gasteiger partial charge in [-0.3, -0.25) is 0 Å². The highest BCUT2D eigenvalue weighted by Crippen LogP contribution is 1.86. The van der Waals surface area contributed by atoms with Gasteiger partial charge in [0.25, 0.3) is 28.3 Å². The Hall–Kier alpha value is 0.0849. The first-order valence-electron chi connectivity index (χ1n) is 6.71. The number of halogens is 2. The van der Waals surface area contributed by atoms with Crippen molar-refractivity contribution < 1.29 is 24.8 Å². The molecule has 0 aromatic heterocycles. The Kier molecular flexibility index (Phi) is 14.3. The van der Waals surface area contributed by atoms with Gasteiger partial charge in [-0.05, 0) is 0 Å². The first kappa shape index (κ1) is 22.4. The van der Waals surface area contributed by atoms with Gasteiger partial charge in [0.2, 0.25) is 0 Å². The summed E-state index contributed by atoms with van der Waals surface area (Å²) in [4.78, 5) is 0. The first-order valence-corrected chi connectivity index (χ1v) is 12.5. The maximum absolute atomic E-state index is 2.34. The molecule has 0 bridgehead atoms. The fourth-order valence-electron chi connectivity index (χ4n) is 1.68. The van der Waals surface area contributed by atoms with Gasteiger partial charge in [0.15, 0.2) is 0 Å². The van der Waals surface area contributed by atoms with E-state index in [2.05, 4.69) is 83.8 Å². The second kappa shape index (κ2) is 12.8. The van der Waals surface area contributed by atoms with Crippen molar-refractivity contribution in [1.29, 1.82) is 0 Å². The summed E-state index contributed by atoms with van der Waals surface area (Å²) >= 11 is -1.06. The Labute approximate surface area is 145 Å².